The van der Waals surface area contributed by atoms with Gasteiger partial charge in [0, 0.05) is 30.2 Å². The molecule has 0 spiro atoms. The number of ether oxygens (including phenoxy) is 2. The zero-order valence-corrected chi connectivity index (χ0v) is 15.7. The van der Waals surface area contributed by atoms with Gasteiger partial charge in [-0.1, -0.05) is 18.2 Å². The lowest BCUT2D eigenvalue weighted by atomic mass is 10.1. The van der Waals surface area contributed by atoms with E-state index >= 15 is 0 Å². The number of amides is 1. The molecule has 1 atom stereocenters. The van der Waals surface area contributed by atoms with Gasteiger partial charge in [-0.2, -0.15) is 0 Å². The highest BCUT2D eigenvalue weighted by Gasteiger charge is 2.31. The van der Waals surface area contributed by atoms with Crippen molar-refractivity contribution in [3.8, 4) is 17.1 Å². The number of hydrogen-bond donors (Lipinski definition) is 0. The third kappa shape index (κ3) is 5.03. The van der Waals surface area contributed by atoms with Crippen LogP contribution in [0.2, 0.25) is 0 Å². The smallest absolute Gasteiger partial charge is 0.410 e. The first kappa shape index (κ1) is 18.8. The minimum Gasteiger partial charge on any atom is -0.472 e. The van der Waals surface area contributed by atoms with E-state index in [1.165, 1.54) is 6.33 Å². The molecule has 1 amide bonds. The SMILES string of the molecule is CC(C)(C)OC(=O)N1CC[C@@H](Oc2cc(-c3cccc(C=O)c3)ncn2)C1. The Balaban J connectivity index is 1.65. The van der Waals surface area contributed by atoms with E-state index in [-0.39, 0.29) is 12.2 Å². The number of aldehydes is 1. The maximum absolute atomic E-state index is 12.2. The Morgan fingerprint density at radius 2 is 2.07 bits per heavy atom. The highest BCUT2D eigenvalue weighted by Crippen LogP contribution is 2.23. The first-order valence-electron chi connectivity index (χ1n) is 8.86. The van der Waals surface area contributed by atoms with Gasteiger partial charge in [0.15, 0.2) is 0 Å². The van der Waals surface area contributed by atoms with Crippen molar-refractivity contribution in [3.05, 3.63) is 42.2 Å². The highest BCUT2D eigenvalue weighted by molar-refractivity contribution is 5.78. The summed E-state index contributed by atoms with van der Waals surface area (Å²) in [5.41, 5.74) is 1.55. The Hall–Kier alpha value is -2.96. The van der Waals surface area contributed by atoms with E-state index in [9.17, 15) is 9.59 Å². The third-order valence-electron chi connectivity index (χ3n) is 4.04. The van der Waals surface area contributed by atoms with Gasteiger partial charge in [0.1, 0.15) is 24.3 Å². The predicted molar refractivity (Wildman–Crippen MR) is 99.7 cm³/mol. The van der Waals surface area contributed by atoms with Crippen LogP contribution in [0.25, 0.3) is 11.3 Å². The molecule has 1 aromatic carbocycles. The van der Waals surface area contributed by atoms with Crippen LogP contribution in [-0.4, -0.2) is 52.0 Å². The number of hydrogen-bond acceptors (Lipinski definition) is 6. The number of likely N-dealkylation sites (tertiary alicyclic amines) is 1. The normalized spacial score (nSPS) is 16.9. The van der Waals surface area contributed by atoms with Crippen molar-refractivity contribution in [2.45, 2.75) is 38.9 Å². The van der Waals surface area contributed by atoms with Gasteiger partial charge in [0.05, 0.1) is 12.2 Å². The summed E-state index contributed by atoms with van der Waals surface area (Å²) < 4.78 is 11.3. The lowest BCUT2D eigenvalue weighted by Crippen LogP contribution is -2.36. The molecule has 27 heavy (non-hydrogen) atoms. The van der Waals surface area contributed by atoms with Gasteiger partial charge in [0.25, 0.3) is 0 Å². The molecule has 142 valence electrons. The van der Waals surface area contributed by atoms with Gasteiger partial charge < -0.3 is 14.4 Å². The number of carbonyl (C=O) groups excluding carboxylic acids is 2. The summed E-state index contributed by atoms with van der Waals surface area (Å²) >= 11 is 0. The Bertz CT molecular complexity index is 832. The molecule has 1 aromatic heterocycles. The summed E-state index contributed by atoms with van der Waals surface area (Å²) in [5.74, 6) is 0.438. The summed E-state index contributed by atoms with van der Waals surface area (Å²) in [6.45, 7) is 6.57. The van der Waals surface area contributed by atoms with Gasteiger partial charge >= 0.3 is 6.09 Å². The second-order valence-electron chi connectivity index (χ2n) is 7.44. The molecule has 2 heterocycles. The van der Waals surface area contributed by atoms with Crippen molar-refractivity contribution >= 4 is 12.4 Å². The van der Waals surface area contributed by atoms with E-state index in [0.717, 1.165) is 11.8 Å². The van der Waals surface area contributed by atoms with Crippen molar-refractivity contribution in [3.63, 3.8) is 0 Å². The fraction of sp³-hybridized carbons (Fsp3) is 0.400. The van der Waals surface area contributed by atoms with Crippen LogP contribution >= 0.6 is 0 Å². The summed E-state index contributed by atoms with van der Waals surface area (Å²) in [6.07, 6.45) is 2.45. The molecule has 1 aliphatic heterocycles. The quantitative estimate of drug-likeness (QED) is 0.769. The summed E-state index contributed by atoms with van der Waals surface area (Å²) in [4.78, 5) is 33.2. The van der Waals surface area contributed by atoms with Crippen molar-refractivity contribution < 1.29 is 19.1 Å². The molecule has 1 saturated heterocycles. The Morgan fingerprint density at radius 1 is 1.26 bits per heavy atom. The van der Waals surface area contributed by atoms with Crippen LogP contribution in [0.3, 0.4) is 0 Å². The zero-order chi connectivity index (χ0) is 19.4. The summed E-state index contributed by atoms with van der Waals surface area (Å²) in [5, 5.41) is 0. The fourth-order valence-electron chi connectivity index (χ4n) is 2.82. The Kier molecular flexibility index (Phi) is 5.39. The van der Waals surface area contributed by atoms with Gasteiger partial charge in [-0.25, -0.2) is 14.8 Å². The second kappa shape index (κ2) is 7.73. The molecule has 7 nitrogen and oxygen atoms in total. The maximum Gasteiger partial charge on any atom is 0.410 e. The van der Waals surface area contributed by atoms with Gasteiger partial charge in [-0.3, -0.25) is 4.79 Å². The summed E-state index contributed by atoms with van der Waals surface area (Å²) in [7, 11) is 0. The number of nitrogens with zero attached hydrogens (tertiary/aromatic N) is 3. The van der Waals surface area contributed by atoms with Crippen LogP contribution in [0.1, 0.15) is 37.6 Å². The van der Waals surface area contributed by atoms with Crippen LogP contribution < -0.4 is 4.74 Å². The summed E-state index contributed by atoms with van der Waals surface area (Å²) in [6, 6.07) is 8.91. The molecule has 7 heteroatoms. The van der Waals surface area contributed by atoms with Gasteiger partial charge in [0.2, 0.25) is 5.88 Å². The maximum atomic E-state index is 12.2. The van der Waals surface area contributed by atoms with Crippen LogP contribution in [-0.2, 0) is 4.74 Å². The topological polar surface area (TPSA) is 81.6 Å². The number of benzene rings is 1. The third-order valence-corrected chi connectivity index (χ3v) is 4.04. The van der Waals surface area contributed by atoms with E-state index in [2.05, 4.69) is 9.97 Å². The van der Waals surface area contributed by atoms with Gasteiger partial charge in [-0.15, -0.1) is 0 Å². The minimum absolute atomic E-state index is 0.151. The number of carbonyl (C=O) groups is 2. The van der Waals surface area contributed by atoms with Gasteiger partial charge in [-0.05, 0) is 26.8 Å². The molecule has 2 aromatic rings. The first-order chi connectivity index (χ1) is 12.8. The molecule has 0 bridgehead atoms. The highest BCUT2D eigenvalue weighted by atomic mass is 16.6. The molecule has 0 radical (unpaired) electrons. The molecule has 1 aliphatic rings. The minimum atomic E-state index is -0.520. The van der Waals surface area contributed by atoms with Crippen LogP contribution in [0.15, 0.2) is 36.7 Å². The van der Waals surface area contributed by atoms with Crippen LogP contribution in [0.4, 0.5) is 4.79 Å². The largest absolute Gasteiger partial charge is 0.472 e. The molecule has 0 N–H and O–H groups in total. The zero-order valence-electron chi connectivity index (χ0n) is 15.7. The average molecular weight is 369 g/mol. The van der Waals surface area contributed by atoms with Crippen molar-refractivity contribution in [2.24, 2.45) is 0 Å². The molecular weight excluding hydrogens is 346 g/mol. The van der Waals surface area contributed by atoms with Crippen molar-refractivity contribution in [1.29, 1.82) is 0 Å². The second-order valence-corrected chi connectivity index (χ2v) is 7.44. The van der Waals surface area contributed by atoms with Crippen molar-refractivity contribution in [1.82, 2.24) is 14.9 Å². The molecule has 0 unspecified atom stereocenters. The van der Waals surface area contributed by atoms with E-state index in [1.807, 2.05) is 26.8 Å². The predicted octanol–water partition coefficient (Wildman–Crippen LogP) is 3.34. The number of rotatable bonds is 4. The number of aromatic nitrogens is 2. The molecule has 1 fully saturated rings. The Labute approximate surface area is 158 Å². The van der Waals surface area contributed by atoms with E-state index < -0.39 is 5.60 Å². The standard InChI is InChI=1S/C20H23N3O4/c1-20(2,3)27-19(25)23-8-7-16(11-23)26-18-10-17(21-13-22-18)15-6-4-5-14(9-15)12-24/h4-6,9-10,12-13,16H,7-8,11H2,1-3H3/t16-/m1/s1. The van der Waals surface area contributed by atoms with Crippen LogP contribution in [0, 0.1) is 0 Å². The fourth-order valence-corrected chi connectivity index (χ4v) is 2.82. The van der Waals surface area contributed by atoms with Crippen molar-refractivity contribution in [2.75, 3.05) is 13.1 Å². The average Bonchev–Trinajstić information content (AvgIpc) is 3.09. The first-order valence-corrected chi connectivity index (χ1v) is 8.86. The van der Waals surface area contributed by atoms with E-state index in [0.29, 0.717) is 36.6 Å². The lowest BCUT2D eigenvalue weighted by molar-refractivity contribution is 0.0275. The monoisotopic (exact) mass is 369 g/mol. The molecule has 0 aliphatic carbocycles. The molecular formula is C20H23N3O4. The van der Waals surface area contributed by atoms with E-state index in [1.54, 1.807) is 29.2 Å². The Morgan fingerprint density at radius 3 is 2.81 bits per heavy atom. The van der Waals surface area contributed by atoms with E-state index in [4.69, 9.17) is 9.47 Å². The van der Waals surface area contributed by atoms with Crippen LogP contribution in [0.5, 0.6) is 5.88 Å². The molecule has 0 saturated carbocycles. The molecule has 3 rings (SSSR count). The lowest BCUT2D eigenvalue weighted by Gasteiger charge is -2.24.